The van der Waals surface area contributed by atoms with Crippen LogP contribution in [0.5, 0.6) is 5.75 Å². The largest absolute Gasteiger partial charge is 0.484 e. The molecule has 1 aromatic heterocycles. The Labute approximate surface area is 179 Å². The minimum atomic E-state index is -0.404. The number of carbonyl (C=O) groups is 2. The first-order valence-corrected chi connectivity index (χ1v) is 10.4. The van der Waals surface area contributed by atoms with Gasteiger partial charge in [-0.25, -0.2) is 4.79 Å². The van der Waals surface area contributed by atoms with Crippen LogP contribution in [-0.4, -0.2) is 25.0 Å². The SMILES string of the molecule is CCCc1cc(=O)oc2cc(OCC(=O)Nc3ccccc3N3CCCC3=O)ccc12. The van der Waals surface area contributed by atoms with Crippen LogP contribution in [0.2, 0.25) is 0 Å². The first-order chi connectivity index (χ1) is 15.0. The van der Waals surface area contributed by atoms with E-state index in [1.165, 1.54) is 6.07 Å². The molecule has 0 bridgehead atoms. The zero-order chi connectivity index (χ0) is 21.8. The van der Waals surface area contributed by atoms with E-state index >= 15 is 0 Å². The highest BCUT2D eigenvalue weighted by Crippen LogP contribution is 2.29. The predicted octanol–water partition coefficient (Wildman–Crippen LogP) is 3.89. The zero-order valence-electron chi connectivity index (χ0n) is 17.3. The van der Waals surface area contributed by atoms with E-state index in [4.69, 9.17) is 9.15 Å². The van der Waals surface area contributed by atoms with Crippen molar-refractivity contribution in [2.45, 2.75) is 32.6 Å². The number of ether oxygens (including phenoxy) is 1. The van der Waals surface area contributed by atoms with Crippen molar-refractivity contribution in [3.05, 3.63) is 64.5 Å². The molecule has 2 heterocycles. The standard InChI is InChI=1S/C24H24N2O5/c1-2-6-16-13-24(29)31-21-14-17(10-11-18(16)21)30-15-22(27)25-19-7-3-4-8-20(19)26-12-5-9-23(26)28/h3-4,7-8,10-11,13-14H,2,5-6,9,12,15H2,1H3,(H,25,27). The van der Waals surface area contributed by atoms with Gasteiger partial charge in [0.05, 0.1) is 11.4 Å². The van der Waals surface area contributed by atoms with Gasteiger partial charge in [0.25, 0.3) is 5.91 Å². The van der Waals surface area contributed by atoms with Crippen molar-refractivity contribution in [3.63, 3.8) is 0 Å². The van der Waals surface area contributed by atoms with E-state index in [9.17, 15) is 14.4 Å². The van der Waals surface area contributed by atoms with Crippen molar-refractivity contribution in [1.82, 2.24) is 0 Å². The van der Waals surface area contributed by atoms with Gasteiger partial charge in [-0.15, -0.1) is 0 Å². The average Bonchev–Trinajstić information content (AvgIpc) is 3.18. The molecule has 0 spiro atoms. The first kappa shape index (κ1) is 20.7. The highest BCUT2D eigenvalue weighted by Gasteiger charge is 2.24. The Morgan fingerprint density at radius 2 is 2.00 bits per heavy atom. The molecule has 0 unspecified atom stereocenters. The molecule has 4 rings (SSSR count). The van der Waals surface area contributed by atoms with E-state index in [0.717, 1.165) is 30.2 Å². The third-order valence-corrected chi connectivity index (χ3v) is 5.23. The summed E-state index contributed by atoms with van der Waals surface area (Å²) in [5.41, 5.74) is 2.23. The van der Waals surface area contributed by atoms with Crippen LogP contribution in [-0.2, 0) is 16.0 Å². The summed E-state index contributed by atoms with van der Waals surface area (Å²) in [6, 6.07) is 14.0. The Bertz CT molecular complexity index is 1180. The number of hydrogen-bond donors (Lipinski definition) is 1. The van der Waals surface area contributed by atoms with Crippen molar-refractivity contribution in [2.75, 3.05) is 23.4 Å². The van der Waals surface area contributed by atoms with Gasteiger partial charge in [-0.1, -0.05) is 25.5 Å². The van der Waals surface area contributed by atoms with Crippen LogP contribution in [0.4, 0.5) is 11.4 Å². The summed E-state index contributed by atoms with van der Waals surface area (Å²) in [5.74, 6) is 0.140. The second kappa shape index (κ2) is 9.04. The molecule has 0 radical (unpaired) electrons. The van der Waals surface area contributed by atoms with E-state index in [0.29, 0.717) is 35.7 Å². The third-order valence-electron chi connectivity index (χ3n) is 5.23. The maximum absolute atomic E-state index is 12.5. The highest BCUT2D eigenvalue weighted by molar-refractivity contribution is 6.02. The number of nitrogens with one attached hydrogen (secondary N) is 1. The minimum absolute atomic E-state index is 0.0537. The van der Waals surface area contributed by atoms with E-state index in [1.807, 2.05) is 25.1 Å². The molecule has 0 atom stereocenters. The summed E-state index contributed by atoms with van der Waals surface area (Å²) in [4.78, 5) is 38.1. The quantitative estimate of drug-likeness (QED) is 0.586. The normalized spacial score (nSPS) is 13.6. The number of nitrogens with zero attached hydrogens (tertiary/aromatic N) is 1. The van der Waals surface area contributed by atoms with Crippen LogP contribution in [0.3, 0.4) is 0 Å². The van der Waals surface area contributed by atoms with Crippen LogP contribution < -0.4 is 20.6 Å². The van der Waals surface area contributed by atoms with Gasteiger partial charge in [-0.05, 0) is 42.7 Å². The fourth-order valence-electron chi connectivity index (χ4n) is 3.83. The van der Waals surface area contributed by atoms with Gasteiger partial charge in [-0.2, -0.15) is 0 Å². The molecule has 31 heavy (non-hydrogen) atoms. The predicted molar refractivity (Wildman–Crippen MR) is 119 cm³/mol. The molecule has 3 aromatic rings. The Hall–Kier alpha value is -3.61. The monoisotopic (exact) mass is 420 g/mol. The second-order valence-electron chi connectivity index (χ2n) is 7.50. The number of hydrogen-bond acceptors (Lipinski definition) is 5. The Morgan fingerprint density at radius 1 is 1.16 bits per heavy atom. The van der Waals surface area contributed by atoms with Gasteiger partial charge in [0.15, 0.2) is 6.61 Å². The molecule has 1 saturated heterocycles. The number of para-hydroxylation sites is 2. The molecular formula is C24H24N2O5. The van der Waals surface area contributed by atoms with Crippen molar-refractivity contribution in [2.24, 2.45) is 0 Å². The molecule has 1 N–H and O–H groups in total. The molecule has 1 aliphatic heterocycles. The maximum Gasteiger partial charge on any atom is 0.336 e. The summed E-state index contributed by atoms with van der Waals surface area (Å²) in [5, 5.41) is 3.68. The lowest BCUT2D eigenvalue weighted by Crippen LogP contribution is -2.26. The molecule has 0 aliphatic carbocycles. The summed E-state index contributed by atoms with van der Waals surface area (Å²) in [6.07, 6.45) is 3.02. The van der Waals surface area contributed by atoms with Gasteiger partial charge in [0, 0.05) is 30.5 Å². The minimum Gasteiger partial charge on any atom is -0.484 e. The van der Waals surface area contributed by atoms with E-state index in [2.05, 4.69) is 5.32 Å². The zero-order valence-corrected chi connectivity index (χ0v) is 17.3. The lowest BCUT2D eigenvalue weighted by molar-refractivity contribution is -0.118. The number of benzene rings is 2. The molecule has 1 fully saturated rings. The third kappa shape index (κ3) is 4.60. The van der Waals surface area contributed by atoms with Gasteiger partial charge >= 0.3 is 5.63 Å². The summed E-state index contributed by atoms with van der Waals surface area (Å²) < 4.78 is 10.9. The molecule has 7 heteroatoms. The summed E-state index contributed by atoms with van der Waals surface area (Å²) in [6.45, 7) is 2.48. The van der Waals surface area contributed by atoms with E-state index < -0.39 is 5.63 Å². The molecule has 160 valence electrons. The number of anilines is 2. The van der Waals surface area contributed by atoms with Crippen LogP contribution in [0.25, 0.3) is 11.0 Å². The second-order valence-corrected chi connectivity index (χ2v) is 7.50. The molecule has 2 amide bonds. The van der Waals surface area contributed by atoms with Crippen molar-refractivity contribution in [1.29, 1.82) is 0 Å². The highest BCUT2D eigenvalue weighted by atomic mass is 16.5. The lowest BCUT2D eigenvalue weighted by atomic mass is 10.1. The average molecular weight is 420 g/mol. The molecule has 1 aliphatic rings. The smallest absolute Gasteiger partial charge is 0.336 e. The lowest BCUT2D eigenvalue weighted by Gasteiger charge is -2.20. The van der Waals surface area contributed by atoms with Crippen LogP contribution in [0.1, 0.15) is 31.7 Å². The molecule has 0 saturated carbocycles. The Balaban J connectivity index is 1.45. The van der Waals surface area contributed by atoms with Crippen LogP contribution in [0, 0.1) is 0 Å². The Kier molecular flexibility index (Phi) is 6.02. The summed E-state index contributed by atoms with van der Waals surface area (Å²) in [7, 11) is 0. The molecule has 2 aromatic carbocycles. The van der Waals surface area contributed by atoms with Gasteiger partial charge in [0.2, 0.25) is 5.91 Å². The number of carbonyl (C=O) groups excluding carboxylic acids is 2. The number of fused-ring (bicyclic) bond motifs is 1. The number of rotatable bonds is 7. The molecule has 7 nitrogen and oxygen atoms in total. The fraction of sp³-hybridized carbons (Fsp3) is 0.292. The molecular weight excluding hydrogens is 396 g/mol. The van der Waals surface area contributed by atoms with Crippen LogP contribution in [0.15, 0.2) is 57.7 Å². The summed E-state index contributed by atoms with van der Waals surface area (Å²) >= 11 is 0. The van der Waals surface area contributed by atoms with Gasteiger partial charge < -0.3 is 19.4 Å². The number of amides is 2. The maximum atomic E-state index is 12.5. The fourth-order valence-corrected chi connectivity index (χ4v) is 3.83. The first-order valence-electron chi connectivity index (χ1n) is 10.4. The van der Waals surface area contributed by atoms with Crippen molar-refractivity contribution >= 4 is 34.2 Å². The van der Waals surface area contributed by atoms with E-state index in [1.54, 1.807) is 29.2 Å². The van der Waals surface area contributed by atoms with Gasteiger partial charge in [0.1, 0.15) is 11.3 Å². The van der Waals surface area contributed by atoms with Crippen LogP contribution >= 0.6 is 0 Å². The topological polar surface area (TPSA) is 88.8 Å². The van der Waals surface area contributed by atoms with Crippen molar-refractivity contribution in [3.8, 4) is 5.75 Å². The number of aryl methyl sites for hydroxylation is 1. The Morgan fingerprint density at radius 3 is 2.77 bits per heavy atom. The van der Waals surface area contributed by atoms with E-state index in [-0.39, 0.29) is 18.4 Å². The van der Waals surface area contributed by atoms with Crippen molar-refractivity contribution < 1.29 is 18.7 Å². The van der Waals surface area contributed by atoms with Gasteiger partial charge in [-0.3, -0.25) is 9.59 Å².